The highest BCUT2D eigenvalue weighted by Crippen LogP contribution is 2.18. The smallest absolute Gasteiger partial charge is 0.328 e. The van der Waals surface area contributed by atoms with Crippen molar-refractivity contribution < 1.29 is 14.7 Å². The van der Waals surface area contributed by atoms with Gasteiger partial charge in [0, 0.05) is 43.5 Å². The molecule has 1 heterocycles. The molecule has 1 saturated heterocycles. The normalized spacial score (nSPS) is 15.4. The summed E-state index contributed by atoms with van der Waals surface area (Å²) in [4.78, 5) is 27.6. The van der Waals surface area contributed by atoms with E-state index >= 15 is 0 Å². The molecule has 0 saturated carbocycles. The molecular weight excluding hydrogens is 352 g/mol. The Kier molecular flexibility index (Phi) is 6.40. The number of nitrogens with zero attached hydrogens (tertiary/aromatic N) is 2. The number of carbonyl (C=O) groups excluding carboxylic acids is 1. The number of aliphatic carboxylic acids is 1. The number of allylic oxidation sites excluding steroid dienone is 1. The third kappa shape index (κ3) is 5.41. The quantitative estimate of drug-likeness (QED) is 0.618. The number of hydrogen-bond donors (Lipinski definition) is 1. The summed E-state index contributed by atoms with van der Waals surface area (Å²) in [5.74, 6) is -1.02. The zero-order valence-corrected chi connectivity index (χ0v) is 15.9. The van der Waals surface area contributed by atoms with Crippen LogP contribution in [0.15, 0.2) is 60.7 Å². The van der Waals surface area contributed by atoms with Crippen LogP contribution in [0.4, 0.5) is 5.69 Å². The number of carbonyl (C=O) groups is 2. The van der Waals surface area contributed by atoms with Crippen molar-refractivity contribution in [3.05, 3.63) is 77.4 Å². The maximum Gasteiger partial charge on any atom is 0.328 e. The van der Waals surface area contributed by atoms with E-state index < -0.39 is 5.97 Å². The molecule has 28 heavy (non-hydrogen) atoms. The fourth-order valence-corrected chi connectivity index (χ4v) is 3.06. The van der Waals surface area contributed by atoms with Crippen LogP contribution in [-0.4, -0.2) is 55.0 Å². The van der Waals surface area contributed by atoms with Gasteiger partial charge in [-0.1, -0.05) is 30.3 Å². The fraction of sp³-hybridized carbons (Fsp3) is 0.217. The number of rotatable bonds is 6. The molecule has 2 aromatic rings. The highest BCUT2D eigenvalue weighted by Gasteiger charge is 2.14. The summed E-state index contributed by atoms with van der Waals surface area (Å²) in [6, 6.07) is 15.1. The monoisotopic (exact) mass is 376 g/mol. The second-order valence-corrected chi connectivity index (χ2v) is 6.87. The van der Waals surface area contributed by atoms with Gasteiger partial charge in [0.15, 0.2) is 5.78 Å². The van der Waals surface area contributed by atoms with Crippen molar-refractivity contribution in [2.75, 3.05) is 38.1 Å². The number of carboxylic acid groups (broad SMARTS) is 1. The Labute approximate surface area is 165 Å². The summed E-state index contributed by atoms with van der Waals surface area (Å²) >= 11 is 0. The molecule has 3 rings (SSSR count). The molecule has 0 radical (unpaired) electrons. The van der Waals surface area contributed by atoms with Gasteiger partial charge in [-0.3, -0.25) is 4.79 Å². The van der Waals surface area contributed by atoms with Crippen LogP contribution in [-0.2, 0) is 4.79 Å². The largest absolute Gasteiger partial charge is 0.478 e. The molecular formula is C23H24N2O3. The zero-order valence-electron chi connectivity index (χ0n) is 15.9. The Balaban J connectivity index is 1.60. The van der Waals surface area contributed by atoms with Gasteiger partial charge in [-0.05, 0) is 54.6 Å². The number of benzene rings is 2. The Morgan fingerprint density at radius 3 is 1.89 bits per heavy atom. The van der Waals surface area contributed by atoms with Gasteiger partial charge in [0.1, 0.15) is 0 Å². The molecule has 0 bridgehead atoms. The number of carboxylic acids is 1. The molecule has 0 amide bonds. The average Bonchev–Trinajstić information content (AvgIpc) is 2.72. The second-order valence-electron chi connectivity index (χ2n) is 6.87. The lowest BCUT2D eigenvalue weighted by Gasteiger charge is -2.34. The van der Waals surface area contributed by atoms with E-state index in [0.717, 1.165) is 49.1 Å². The summed E-state index contributed by atoms with van der Waals surface area (Å²) in [5.41, 5.74) is 3.49. The zero-order chi connectivity index (χ0) is 19.9. The van der Waals surface area contributed by atoms with Crippen molar-refractivity contribution >= 4 is 29.6 Å². The second kappa shape index (κ2) is 9.15. The molecule has 1 fully saturated rings. The Bertz CT molecular complexity index is 875. The SMILES string of the molecule is CN1CCN(c2ccc(C(=O)/C=C/c3ccc(/C=C/C(=O)O)cc3)cc2)CC1. The first kappa shape index (κ1) is 19.6. The van der Waals surface area contributed by atoms with Gasteiger partial charge in [0.05, 0.1) is 0 Å². The fourth-order valence-electron chi connectivity index (χ4n) is 3.06. The average molecular weight is 376 g/mol. The molecule has 0 aromatic heterocycles. The van der Waals surface area contributed by atoms with Crippen molar-refractivity contribution in [2.45, 2.75) is 0 Å². The number of ketones is 1. The molecule has 144 valence electrons. The molecule has 2 aromatic carbocycles. The van der Waals surface area contributed by atoms with Gasteiger partial charge >= 0.3 is 5.97 Å². The predicted molar refractivity (Wildman–Crippen MR) is 113 cm³/mol. The van der Waals surface area contributed by atoms with Crippen LogP contribution in [0.5, 0.6) is 0 Å². The molecule has 1 aliphatic heterocycles. The van der Waals surface area contributed by atoms with Gasteiger partial charge in [-0.15, -0.1) is 0 Å². The van der Waals surface area contributed by atoms with E-state index in [9.17, 15) is 9.59 Å². The van der Waals surface area contributed by atoms with Gasteiger partial charge in [0.25, 0.3) is 0 Å². The standard InChI is InChI=1S/C23H24N2O3/c1-24-14-16-25(17-15-24)21-10-8-20(9-11-21)22(26)12-6-18-2-4-19(5-3-18)7-13-23(27)28/h2-13H,14-17H2,1H3,(H,27,28)/b12-6+,13-7+. The molecule has 1 N–H and O–H groups in total. The lowest BCUT2D eigenvalue weighted by atomic mass is 10.1. The molecule has 0 spiro atoms. The van der Waals surface area contributed by atoms with Crippen molar-refractivity contribution in [2.24, 2.45) is 0 Å². The van der Waals surface area contributed by atoms with E-state index in [1.807, 2.05) is 48.5 Å². The van der Waals surface area contributed by atoms with Gasteiger partial charge in [-0.25, -0.2) is 4.79 Å². The van der Waals surface area contributed by atoms with Crippen LogP contribution in [0.2, 0.25) is 0 Å². The predicted octanol–water partition coefficient (Wildman–Crippen LogP) is 3.43. The Morgan fingerprint density at radius 1 is 0.821 bits per heavy atom. The molecule has 0 unspecified atom stereocenters. The molecule has 5 heteroatoms. The van der Waals surface area contributed by atoms with E-state index in [1.54, 1.807) is 12.2 Å². The van der Waals surface area contributed by atoms with Gasteiger partial charge in [0.2, 0.25) is 0 Å². The first-order chi connectivity index (χ1) is 13.5. The Hall–Kier alpha value is -3.18. The van der Waals surface area contributed by atoms with E-state index in [-0.39, 0.29) is 5.78 Å². The third-order valence-corrected chi connectivity index (χ3v) is 4.80. The lowest BCUT2D eigenvalue weighted by Crippen LogP contribution is -2.44. The number of piperazine rings is 1. The van der Waals surface area contributed by atoms with Crippen molar-refractivity contribution in [3.8, 4) is 0 Å². The van der Waals surface area contributed by atoms with E-state index in [4.69, 9.17) is 5.11 Å². The van der Waals surface area contributed by atoms with E-state index in [2.05, 4.69) is 16.8 Å². The Morgan fingerprint density at radius 2 is 1.36 bits per heavy atom. The summed E-state index contributed by atoms with van der Waals surface area (Å²) in [6.07, 6.45) is 5.96. The molecule has 0 atom stereocenters. The minimum Gasteiger partial charge on any atom is -0.478 e. The maximum absolute atomic E-state index is 12.4. The minimum atomic E-state index is -0.979. The summed E-state index contributed by atoms with van der Waals surface area (Å²) in [6.45, 7) is 4.10. The number of anilines is 1. The molecule has 1 aliphatic rings. The first-order valence-electron chi connectivity index (χ1n) is 9.28. The lowest BCUT2D eigenvalue weighted by molar-refractivity contribution is -0.131. The van der Waals surface area contributed by atoms with Crippen LogP contribution >= 0.6 is 0 Å². The van der Waals surface area contributed by atoms with Crippen LogP contribution in [0.3, 0.4) is 0 Å². The van der Waals surface area contributed by atoms with E-state index in [1.165, 1.54) is 6.08 Å². The maximum atomic E-state index is 12.4. The minimum absolute atomic E-state index is 0.0419. The van der Waals surface area contributed by atoms with Crippen molar-refractivity contribution in [1.29, 1.82) is 0 Å². The first-order valence-corrected chi connectivity index (χ1v) is 9.28. The summed E-state index contributed by atoms with van der Waals surface area (Å²) < 4.78 is 0. The van der Waals surface area contributed by atoms with Crippen LogP contribution in [0, 0.1) is 0 Å². The third-order valence-electron chi connectivity index (χ3n) is 4.80. The highest BCUT2D eigenvalue weighted by atomic mass is 16.4. The summed E-state index contributed by atoms with van der Waals surface area (Å²) in [7, 11) is 2.13. The highest BCUT2D eigenvalue weighted by molar-refractivity contribution is 6.07. The van der Waals surface area contributed by atoms with Gasteiger partial charge < -0.3 is 14.9 Å². The summed E-state index contributed by atoms with van der Waals surface area (Å²) in [5, 5.41) is 8.64. The topological polar surface area (TPSA) is 60.9 Å². The number of hydrogen-bond acceptors (Lipinski definition) is 4. The van der Waals surface area contributed by atoms with Crippen LogP contribution in [0.1, 0.15) is 21.5 Å². The van der Waals surface area contributed by atoms with Crippen molar-refractivity contribution in [3.63, 3.8) is 0 Å². The van der Waals surface area contributed by atoms with E-state index in [0.29, 0.717) is 5.56 Å². The van der Waals surface area contributed by atoms with Crippen molar-refractivity contribution in [1.82, 2.24) is 4.90 Å². The molecule has 5 nitrogen and oxygen atoms in total. The number of likely N-dealkylation sites (N-methyl/N-ethyl adjacent to an activating group) is 1. The van der Waals surface area contributed by atoms with Crippen LogP contribution < -0.4 is 4.90 Å². The van der Waals surface area contributed by atoms with Gasteiger partial charge in [-0.2, -0.15) is 0 Å². The van der Waals surface area contributed by atoms with Crippen LogP contribution in [0.25, 0.3) is 12.2 Å². The molecule has 0 aliphatic carbocycles.